The molecule has 0 amide bonds. The van der Waals surface area contributed by atoms with E-state index >= 15 is 0 Å². The Morgan fingerprint density at radius 3 is 2.72 bits per heavy atom. The van der Waals surface area contributed by atoms with Crippen molar-refractivity contribution in [2.45, 2.75) is 17.9 Å². The summed E-state index contributed by atoms with van der Waals surface area (Å²) < 4.78 is 15.9. The van der Waals surface area contributed by atoms with Crippen LogP contribution in [-0.2, 0) is 9.53 Å². The van der Waals surface area contributed by atoms with E-state index < -0.39 is 0 Å². The van der Waals surface area contributed by atoms with Crippen molar-refractivity contribution in [2.24, 2.45) is 5.92 Å². The van der Waals surface area contributed by atoms with Gasteiger partial charge in [0.25, 0.3) is 0 Å². The second kappa shape index (κ2) is 7.53. The minimum Gasteiger partial charge on any atom is -0.493 e. The van der Waals surface area contributed by atoms with Gasteiger partial charge in [0.1, 0.15) is 0 Å². The molecule has 0 aliphatic carbocycles. The molecule has 1 aliphatic rings. The van der Waals surface area contributed by atoms with E-state index in [1.165, 1.54) is 11.8 Å². The van der Waals surface area contributed by atoms with Gasteiger partial charge in [0.05, 0.1) is 31.8 Å². The van der Waals surface area contributed by atoms with Gasteiger partial charge in [-0.25, -0.2) is 0 Å². The fourth-order valence-corrected chi connectivity index (χ4v) is 5.37. The number of aromatic nitrogens is 1. The second-order valence-electron chi connectivity index (χ2n) is 5.47. The number of thiazole rings is 1. The zero-order valence-corrected chi connectivity index (χ0v) is 15.8. The Hall–Kier alpha value is -1.93. The molecule has 1 N–H and O–H groups in total. The quantitative estimate of drug-likeness (QED) is 0.803. The van der Waals surface area contributed by atoms with Crippen molar-refractivity contribution < 1.29 is 19.0 Å². The maximum atomic E-state index is 12.5. The van der Waals surface area contributed by atoms with Crippen LogP contribution in [0.15, 0.2) is 28.0 Å². The molecule has 1 aromatic carbocycles. The summed E-state index contributed by atoms with van der Waals surface area (Å²) in [5, 5.41) is 0.829. The number of carbonyl (C=O) groups excluding carboxylic acids is 1. The van der Waals surface area contributed by atoms with Crippen LogP contribution in [0.5, 0.6) is 11.5 Å². The molecule has 1 aromatic heterocycles. The summed E-state index contributed by atoms with van der Waals surface area (Å²) in [7, 11) is 3.15. The molecule has 134 valence electrons. The Kier molecular flexibility index (Phi) is 5.39. The van der Waals surface area contributed by atoms with Crippen LogP contribution in [0.4, 0.5) is 0 Å². The summed E-state index contributed by atoms with van der Waals surface area (Å²) >= 11 is 2.63. The Bertz CT molecular complexity index is 829. The highest BCUT2D eigenvalue weighted by Crippen LogP contribution is 2.46. The fraction of sp³-hybridized carbons (Fsp3) is 0.412. The van der Waals surface area contributed by atoms with Gasteiger partial charge in [-0.1, -0.05) is 17.4 Å². The van der Waals surface area contributed by atoms with Gasteiger partial charge in [-0.3, -0.25) is 9.59 Å². The molecule has 1 aliphatic heterocycles. The largest absolute Gasteiger partial charge is 0.493 e. The lowest BCUT2D eigenvalue weighted by molar-refractivity contribution is -0.147. The average Bonchev–Trinajstić information content (AvgIpc) is 3.00. The lowest BCUT2D eigenvalue weighted by Crippen LogP contribution is -2.29. The molecule has 8 heteroatoms. The number of nitrogens with one attached hydrogen (secondary N) is 1. The predicted octanol–water partition coefficient (Wildman–Crippen LogP) is 2.87. The van der Waals surface area contributed by atoms with Crippen LogP contribution in [0.25, 0.3) is 0 Å². The van der Waals surface area contributed by atoms with Gasteiger partial charge in [0.2, 0.25) is 0 Å². The minimum atomic E-state index is -0.359. The van der Waals surface area contributed by atoms with Crippen molar-refractivity contribution >= 4 is 29.1 Å². The first-order valence-electron chi connectivity index (χ1n) is 7.83. The molecule has 3 rings (SSSR count). The molecule has 0 bridgehead atoms. The standard InChI is InChI=1S/C17H19NO5S2/c1-4-23-16(19)10-8-24-15-14(25-17(20)18-15)13(10)9-5-6-11(21-2)12(7-9)22-3/h5-7,10,13H,4,8H2,1-3H3,(H,18,20). The van der Waals surface area contributed by atoms with Gasteiger partial charge in [0, 0.05) is 16.5 Å². The monoisotopic (exact) mass is 381 g/mol. The first kappa shape index (κ1) is 17.9. The van der Waals surface area contributed by atoms with E-state index in [1.807, 2.05) is 18.2 Å². The van der Waals surface area contributed by atoms with Crippen LogP contribution in [0.3, 0.4) is 0 Å². The van der Waals surface area contributed by atoms with Gasteiger partial charge >= 0.3 is 10.8 Å². The van der Waals surface area contributed by atoms with E-state index in [1.54, 1.807) is 21.1 Å². The number of H-pyrrole nitrogens is 1. The molecular weight excluding hydrogens is 362 g/mol. The zero-order chi connectivity index (χ0) is 18.0. The number of hydrogen-bond donors (Lipinski definition) is 1. The summed E-state index contributed by atoms with van der Waals surface area (Å²) in [5.41, 5.74) is 0.896. The van der Waals surface area contributed by atoms with Crippen LogP contribution in [0.1, 0.15) is 23.3 Å². The third-order valence-corrected chi connectivity index (χ3v) is 6.32. The van der Waals surface area contributed by atoms with E-state index in [9.17, 15) is 9.59 Å². The average molecular weight is 381 g/mol. The Labute approximate surface area is 153 Å². The summed E-state index contributed by atoms with van der Waals surface area (Å²) in [6, 6.07) is 5.58. The molecule has 6 nitrogen and oxygen atoms in total. The lowest BCUT2D eigenvalue weighted by Gasteiger charge is -2.29. The fourth-order valence-electron chi connectivity index (χ4n) is 2.97. The van der Waals surface area contributed by atoms with E-state index in [0.29, 0.717) is 23.9 Å². The number of aromatic amines is 1. The number of esters is 1. The maximum absolute atomic E-state index is 12.5. The molecule has 0 spiro atoms. The van der Waals surface area contributed by atoms with Gasteiger partial charge in [-0.15, -0.1) is 11.8 Å². The van der Waals surface area contributed by atoms with Gasteiger partial charge < -0.3 is 19.2 Å². The number of hydrogen-bond acceptors (Lipinski definition) is 7. The smallest absolute Gasteiger partial charge is 0.310 e. The van der Waals surface area contributed by atoms with Crippen LogP contribution in [0, 0.1) is 5.92 Å². The summed E-state index contributed by atoms with van der Waals surface area (Å²) in [6.07, 6.45) is 0. The molecule has 0 radical (unpaired) electrons. The van der Waals surface area contributed by atoms with Crippen molar-refractivity contribution in [3.05, 3.63) is 38.3 Å². The van der Waals surface area contributed by atoms with Crippen molar-refractivity contribution in [3.63, 3.8) is 0 Å². The lowest BCUT2D eigenvalue weighted by atomic mass is 9.85. The van der Waals surface area contributed by atoms with Crippen LogP contribution in [0.2, 0.25) is 0 Å². The number of thioether (sulfide) groups is 1. The van der Waals surface area contributed by atoms with Crippen molar-refractivity contribution in [3.8, 4) is 11.5 Å². The molecule has 2 atom stereocenters. The van der Waals surface area contributed by atoms with E-state index in [2.05, 4.69) is 4.98 Å². The first-order valence-corrected chi connectivity index (χ1v) is 9.63. The third-order valence-electron chi connectivity index (χ3n) is 4.09. The number of fused-ring (bicyclic) bond motifs is 1. The Morgan fingerprint density at radius 1 is 1.28 bits per heavy atom. The van der Waals surface area contributed by atoms with Crippen molar-refractivity contribution in [1.82, 2.24) is 4.98 Å². The summed E-state index contributed by atoms with van der Waals surface area (Å²) in [5.74, 6) is 0.900. The molecule has 0 fully saturated rings. The van der Waals surface area contributed by atoms with Crippen LogP contribution >= 0.6 is 23.1 Å². The Balaban J connectivity index is 2.10. The SMILES string of the molecule is CCOC(=O)C1CSc2[nH]c(=O)sc2C1c1ccc(OC)c(OC)c1. The molecule has 2 unspecified atom stereocenters. The summed E-state index contributed by atoms with van der Waals surface area (Å²) in [4.78, 5) is 28.0. The van der Waals surface area contributed by atoms with Gasteiger partial charge in [0.15, 0.2) is 11.5 Å². The third kappa shape index (κ3) is 3.41. The maximum Gasteiger partial charge on any atom is 0.310 e. The van der Waals surface area contributed by atoms with Gasteiger partial charge in [-0.05, 0) is 24.6 Å². The molecular formula is C17H19NO5S2. The van der Waals surface area contributed by atoms with E-state index in [-0.39, 0.29) is 22.7 Å². The van der Waals surface area contributed by atoms with Crippen molar-refractivity contribution in [1.29, 1.82) is 0 Å². The van der Waals surface area contributed by atoms with E-state index in [4.69, 9.17) is 14.2 Å². The highest BCUT2D eigenvalue weighted by Gasteiger charge is 2.39. The van der Waals surface area contributed by atoms with E-state index in [0.717, 1.165) is 26.8 Å². The van der Waals surface area contributed by atoms with Crippen LogP contribution < -0.4 is 14.3 Å². The van der Waals surface area contributed by atoms with Crippen molar-refractivity contribution in [2.75, 3.05) is 26.6 Å². The minimum absolute atomic E-state index is 0.118. The molecule has 25 heavy (non-hydrogen) atoms. The molecule has 2 heterocycles. The molecule has 0 saturated heterocycles. The van der Waals surface area contributed by atoms with Gasteiger partial charge in [-0.2, -0.15) is 0 Å². The summed E-state index contributed by atoms with van der Waals surface area (Å²) in [6.45, 7) is 2.12. The normalized spacial score (nSPS) is 19.2. The molecule has 2 aromatic rings. The highest BCUT2D eigenvalue weighted by atomic mass is 32.2. The number of carbonyl (C=O) groups is 1. The number of benzene rings is 1. The topological polar surface area (TPSA) is 77.6 Å². The number of ether oxygens (including phenoxy) is 3. The first-order chi connectivity index (χ1) is 12.1. The second-order valence-corrected chi connectivity index (χ2v) is 7.51. The number of methoxy groups -OCH3 is 2. The zero-order valence-electron chi connectivity index (χ0n) is 14.2. The van der Waals surface area contributed by atoms with Crippen LogP contribution in [-0.4, -0.2) is 37.5 Å². The number of rotatable bonds is 5. The molecule has 0 saturated carbocycles. The Morgan fingerprint density at radius 2 is 2.04 bits per heavy atom. The highest BCUT2D eigenvalue weighted by molar-refractivity contribution is 7.99. The predicted molar refractivity (Wildman–Crippen MR) is 97.2 cm³/mol.